The third-order valence-corrected chi connectivity index (χ3v) is 6.42. The Hall–Kier alpha value is -2.90. The standard InChI is InChI=1S/C27H41N3O5/c1-2-3-4-5-6-7-8-9-10-11-12-13-18-30-20-24(31)29-23(26(30)33)19-28-25(32)21-14-16-22(17-15-21)27(34)35/h14-17,23H,2-13,18-20H2,1H3,(H,28,32)(H,29,31)(H,34,35). The fourth-order valence-electron chi connectivity index (χ4n) is 4.31. The zero-order valence-corrected chi connectivity index (χ0v) is 21.0. The first-order chi connectivity index (χ1) is 16.9. The van der Waals surface area contributed by atoms with E-state index in [1.54, 1.807) is 4.90 Å². The third kappa shape index (κ3) is 10.5. The number of amides is 3. The number of carboxylic acid groups (broad SMARTS) is 1. The van der Waals surface area contributed by atoms with Crippen LogP contribution >= 0.6 is 0 Å². The molecule has 1 heterocycles. The monoisotopic (exact) mass is 487 g/mol. The molecule has 0 bridgehead atoms. The molecule has 1 aromatic rings. The molecule has 1 aliphatic heterocycles. The third-order valence-electron chi connectivity index (χ3n) is 6.42. The molecule has 0 radical (unpaired) electrons. The number of unbranched alkanes of at least 4 members (excludes halogenated alkanes) is 11. The maximum absolute atomic E-state index is 12.8. The van der Waals surface area contributed by atoms with Crippen LogP contribution in [0.25, 0.3) is 0 Å². The molecule has 0 aliphatic carbocycles. The molecule has 3 amide bonds. The molecule has 0 spiro atoms. The van der Waals surface area contributed by atoms with E-state index in [4.69, 9.17) is 5.11 Å². The van der Waals surface area contributed by atoms with E-state index in [9.17, 15) is 19.2 Å². The van der Waals surface area contributed by atoms with Crippen molar-refractivity contribution < 1.29 is 24.3 Å². The minimum Gasteiger partial charge on any atom is -0.478 e. The van der Waals surface area contributed by atoms with Gasteiger partial charge in [0, 0.05) is 18.7 Å². The number of carbonyl (C=O) groups excluding carboxylic acids is 3. The van der Waals surface area contributed by atoms with E-state index in [-0.39, 0.29) is 36.0 Å². The molecule has 0 saturated carbocycles. The average molecular weight is 488 g/mol. The second kappa shape index (κ2) is 15.9. The van der Waals surface area contributed by atoms with Gasteiger partial charge in [-0.3, -0.25) is 14.4 Å². The van der Waals surface area contributed by atoms with E-state index in [0.29, 0.717) is 6.54 Å². The molecule has 1 unspecified atom stereocenters. The maximum Gasteiger partial charge on any atom is 0.335 e. The Kier molecular flexibility index (Phi) is 12.9. The van der Waals surface area contributed by atoms with Crippen molar-refractivity contribution in [1.82, 2.24) is 15.5 Å². The van der Waals surface area contributed by atoms with Gasteiger partial charge in [-0.25, -0.2) is 4.79 Å². The van der Waals surface area contributed by atoms with Crippen molar-refractivity contribution in [1.29, 1.82) is 0 Å². The Bertz CT molecular complexity index is 825. The highest BCUT2D eigenvalue weighted by molar-refractivity contribution is 5.98. The molecule has 0 aromatic heterocycles. The SMILES string of the molecule is CCCCCCCCCCCCCCN1CC(=O)NC(CNC(=O)c2ccc(C(=O)O)cc2)C1=O. The molecule has 1 aromatic carbocycles. The molecular weight excluding hydrogens is 446 g/mol. The summed E-state index contributed by atoms with van der Waals surface area (Å²) in [7, 11) is 0. The highest BCUT2D eigenvalue weighted by atomic mass is 16.4. The molecule has 2 rings (SSSR count). The normalized spacial score (nSPS) is 15.7. The fraction of sp³-hybridized carbons (Fsp3) is 0.630. The lowest BCUT2D eigenvalue weighted by Gasteiger charge is -2.32. The van der Waals surface area contributed by atoms with Gasteiger partial charge in [0.15, 0.2) is 0 Å². The van der Waals surface area contributed by atoms with E-state index in [1.165, 1.54) is 82.1 Å². The molecular formula is C27H41N3O5. The first-order valence-electron chi connectivity index (χ1n) is 13.1. The summed E-state index contributed by atoms with van der Waals surface area (Å²) in [5.41, 5.74) is 0.377. The van der Waals surface area contributed by atoms with Crippen LogP contribution in [-0.4, -0.2) is 59.4 Å². The summed E-state index contributed by atoms with van der Waals surface area (Å²) in [4.78, 5) is 49.7. The van der Waals surface area contributed by atoms with Crippen LogP contribution in [0, 0.1) is 0 Å². The van der Waals surface area contributed by atoms with Crippen molar-refractivity contribution in [2.45, 2.75) is 90.0 Å². The van der Waals surface area contributed by atoms with Crippen LogP contribution in [-0.2, 0) is 9.59 Å². The van der Waals surface area contributed by atoms with Gasteiger partial charge < -0.3 is 20.6 Å². The van der Waals surface area contributed by atoms with Crippen LogP contribution in [0.4, 0.5) is 0 Å². The second-order valence-electron chi connectivity index (χ2n) is 9.36. The summed E-state index contributed by atoms with van der Waals surface area (Å²) in [5.74, 6) is -1.91. The largest absolute Gasteiger partial charge is 0.478 e. The number of carboxylic acids is 1. The highest BCUT2D eigenvalue weighted by Gasteiger charge is 2.32. The minimum absolute atomic E-state index is 0.0148. The molecule has 1 aliphatic rings. The quantitative estimate of drug-likeness (QED) is 0.286. The lowest BCUT2D eigenvalue weighted by atomic mass is 10.0. The molecule has 194 valence electrons. The Morgan fingerprint density at radius 3 is 1.94 bits per heavy atom. The predicted molar refractivity (Wildman–Crippen MR) is 135 cm³/mol. The fourth-order valence-corrected chi connectivity index (χ4v) is 4.31. The van der Waals surface area contributed by atoms with E-state index in [1.807, 2.05) is 0 Å². The number of benzene rings is 1. The minimum atomic E-state index is -1.07. The Morgan fingerprint density at radius 2 is 1.40 bits per heavy atom. The summed E-state index contributed by atoms with van der Waals surface area (Å²) < 4.78 is 0. The first kappa shape index (κ1) is 28.3. The summed E-state index contributed by atoms with van der Waals surface area (Å²) in [6.45, 7) is 2.82. The van der Waals surface area contributed by atoms with Crippen LogP contribution in [0.2, 0.25) is 0 Å². The van der Waals surface area contributed by atoms with Crippen LogP contribution in [0.5, 0.6) is 0 Å². The number of aromatic carboxylic acids is 1. The topological polar surface area (TPSA) is 116 Å². The van der Waals surface area contributed by atoms with E-state index < -0.39 is 17.9 Å². The number of nitrogens with zero attached hydrogens (tertiary/aromatic N) is 1. The van der Waals surface area contributed by atoms with Gasteiger partial charge in [-0.2, -0.15) is 0 Å². The summed E-state index contributed by atoms with van der Waals surface area (Å²) in [6.07, 6.45) is 14.8. The van der Waals surface area contributed by atoms with Gasteiger partial charge >= 0.3 is 5.97 Å². The molecule has 8 heteroatoms. The Balaban J connectivity index is 1.63. The molecule has 35 heavy (non-hydrogen) atoms. The summed E-state index contributed by atoms with van der Waals surface area (Å²) in [5, 5.41) is 14.3. The number of rotatable bonds is 17. The number of hydrogen-bond donors (Lipinski definition) is 3. The van der Waals surface area contributed by atoms with Crippen LogP contribution in [0.3, 0.4) is 0 Å². The molecule has 8 nitrogen and oxygen atoms in total. The molecule has 1 atom stereocenters. The van der Waals surface area contributed by atoms with Crippen molar-refractivity contribution in [3.8, 4) is 0 Å². The molecule has 3 N–H and O–H groups in total. The molecule has 1 saturated heterocycles. The average Bonchev–Trinajstić information content (AvgIpc) is 2.85. The van der Waals surface area contributed by atoms with Crippen molar-refractivity contribution >= 4 is 23.7 Å². The van der Waals surface area contributed by atoms with E-state index in [2.05, 4.69) is 17.6 Å². The van der Waals surface area contributed by atoms with Crippen molar-refractivity contribution in [2.75, 3.05) is 19.6 Å². The second-order valence-corrected chi connectivity index (χ2v) is 9.36. The zero-order valence-electron chi connectivity index (χ0n) is 21.0. The van der Waals surface area contributed by atoms with Gasteiger partial charge in [-0.1, -0.05) is 77.6 Å². The van der Waals surface area contributed by atoms with Crippen LogP contribution in [0.15, 0.2) is 24.3 Å². The van der Waals surface area contributed by atoms with Gasteiger partial charge in [0.25, 0.3) is 5.91 Å². The number of nitrogens with one attached hydrogen (secondary N) is 2. The van der Waals surface area contributed by atoms with Gasteiger partial charge in [0.1, 0.15) is 6.04 Å². The van der Waals surface area contributed by atoms with Gasteiger partial charge in [-0.15, -0.1) is 0 Å². The zero-order chi connectivity index (χ0) is 25.5. The van der Waals surface area contributed by atoms with E-state index >= 15 is 0 Å². The van der Waals surface area contributed by atoms with Gasteiger partial charge in [0.05, 0.1) is 12.1 Å². The lowest BCUT2D eigenvalue weighted by Crippen LogP contribution is -2.61. The number of piperazine rings is 1. The van der Waals surface area contributed by atoms with Gasteiger partial charge in [0.2, 0.25) is 11.8 Å². The summed E-state index contributed by atoms with van der Waals surface area (Å²) in [6, 6.07) is 4.73. The Labute approximate surface area is 208 Å². The van der Waals surface area contributed by atoms with E-state index in [0.717, 1.165) is 19.3 Å². The number of hydrogen-bond acceptors (Lipinski definition) is 4. The smallest absolute Gasteiger partial charge is 0.335 e. The maximum atomic E-state index is 12.8. The van der Waals surface area contributed by atoms with Crippen LogP contribution in [0.1, 0.15) is 105 Å². The van der Waals surface area contributed by atoms with Crippen LogP contribution < -0.4 is 10.6 Å². The van der Waals surface area contributed by atoms with Crippen molar-refractivity contribution in [3.63, 3.8) is 0 Å². The first-order valence-corrected chi connectivity index (χ1v) is 13.1. The molecule has 1 fully saturated rings. The number of carbonyl (C=O) groups is 4. The Morgan fingerprint density at radius 1 is 0.886 bits per heavy atom. The highest BCUT2D eigenvalue weighted by Crippen LogP contribution is 2.13. The lowest BCUT2D eigenvalue weighted by molar-refractivity contribution is -0.144. The predicted octanol–water partition coefficient (Wildman–Crippen LogP) is 4.14. The van der Waals surface area contributed by atoms with Crippen molar-refractivity contribution in [2.24, 2.45) is 0 Å². The van der Waals surface area contributed by atoms with Crippen molar-refractivity contribution in [3.05, 3.63) is 35.4 Å². The summed E-state index contributed by atoms with van der Waals surface area (Å²) >= 11 is 0. The van der Waals surface area contributed by atoms with Gasteiger partial charge in [-0.05, 0) is 30.7 Å².